The third-order valence-corrected chi connectivity index (χ3v) is 7.05. The number of nitrogens with zero attached hydrogens (tertiary/aromatic N) is 5. The molecule has 4 heterocycles. The molecule has 4 atom stereocenters. The number of rotatable bonds is 7. The second-order valence-corrected chi connectivity index (χ2v) is 8.96. The topological polar surface area (TPSA) is 129 Å². The van der Waals surface area contributed by atoms with Crippen LogP contribution in [0, 0.1) is 11.8 Å². The lowest BCUT2D eigenvalue weighted by Gasteiger charge is -2.21. The number of hydrogen-bond acceptors (Lipinski definition) is 8. The van der Waals surface area contributed by atoms with Crippen LogP contribution in [-0.2, 0) is 9.47 Å². The fourth-order valence-corrected chi connectivity index (χ4v) is 5.03. The Morgan fingerprint density at radius 3 is 2.85 bits per heavy atom. The lowest BCUT2D eigenvalue weighted by atomic mass is 10.3. The number of methoxy groups -OCH3 is 1. The van der Waals surface area contributed by atoms with Crippen LogP contribution in [-0.4, -0.2) is 64.6 Å². The number of amides is 1. The van der Waals surface area contributed by atoms with E-state index in [1.165, 1.54) is 6.20 Å². The molecule has 11 nitrogen and oxygen atoms in total. The summed E-state index contributed by atoms with van der Waals surface area (Å²) in [5.41, 5.74) is 6.39. The summed E-state index contributed by atoms with van der Waals surface area (Å²) in [6.07, 6.45) is 4.26. The number of fused-ring (bicyclic) bond motifs is 2. The zero-order valence-electron chi connectivity index (χ0n) is 18.3. The van der Waals surface area contributed by atoms with Crippen molar-refractivity contribution in [2.24, 2.45) is 17.6 Å². The number of carbonyl (C=O) groups is 1. The summed E-state index contributed by atoms with van der Waals surface area (Å²) in [7, 11) is 3.63. The van der Waals surface area contributed by atoms with Crippen LogP contribution in [0.3, 0.4) is 0 Å². The van der Waals surface area contributed by atoms with Crippen LogP contribution in [0.1, 0.15) is 22.8 Å². The number of likely N-dealkylation sites (N-methyl/N-ethyl adjacent to an activating group) is 1. The molecule has 1 saturated heterocycles. The van der Waals surface area contributed by atoms with Crippen molar-refractivity contribution in [3.05, 3.63) is 46.5 Å². The molecule has 172 valence electrons. The molecule has 2 unspecified atom stereocenters. The standard InChI is InChI=1S/C22H25N7O4/c1-27(15-6-16(15)32-2)18-7-17(26-21-11(20(23)30)8-24-29(18)21)25-14-4-3-5-28(22(14)31)19-12-9-33-10-13(12)19/h3-5,7-8,12-13,15-16,19H,6,9-10H2,1-2H3,(H2,23,30)(H,25,26)/t12?,13?,15-,16-,19?/m0/s1. The number of anilines is 3. The average molecular weight is 451 g/mol. The normalized spacial score (nSPS) is 27.4. The van der Waals surface area contributed by atoms with Crippen molar-refractivity contribution in [1.82, 2.24) is 19.2 Å². The van der Waals surface area contributed by atoms with E-state index in [-0.39, 0.29) is 29.3 Å². The molecule has 1 amide bonds. The summed E-state index contributed by atoms with van der Waals surface area (Å²) >= 11 is 0. The number of aromatic nitrogens is 4. The first-order valence-corrected chi connectivity index (χ1v) is 11.0. The third kappa shape index (κ3) is 3.18. The highest BCUT2D eigenvalue weighted by Crippen LogP contribution is 2.53. The van der Waals surface area contributed by atoms with Crippen LogP contribution >= 0.6 is 0 Å². The van der Waals surface area contributed by atoms with Gasteiger partial charge in [0.2, 0.25) is 0 Å². The first-order chi connectivity index (χ1) is 16.0. The van der Waals surface area contributed by atoms with E-state index in [9.17, 15) is 9.59 Å². The van der Waals surface area contributed by atoms with Gasteiger partial charge in [-0.1, -0.05) is 0 Å². The number of nitrogens with two attached hydrogens (primary N) is 1. The largest absolute Gasteiger partial charge is 0.381 e. The fraction of sp³-hybridized carbons (Fsp3) is 0.455. The molecule has 3 N–H and O–H groups in total. The molecule has 33 heavy (non-hydrogen) atoms. The molecule has 2 saturated carbocycles. The van der Waals surface area contributed by atoms with Crippen molar-refractivity contribution >= 4 is 28.9 Å². The maximum absolute atomic E-state index is 13.2. The Balaban J connectivity index is 1.38. The Morgan fingerprint density at radius 1 is 1.36 bits per heavy atom. The smallest absolute Gasteiger partial charge is 0.274 e. The van der Waals surface area contributed by atoms with Gasteiger partial charge in [-0.05, 0) is 18.6 Å². The molecule has 3 fully saturated rings. The SMILES string of the molecule is CO[C@H]1C[C@@H]1N(C)c1cc(Nc2cccn(C3C4COCC43)c2=O)nc2c(C(N)=O)cnn12. The first kappa shape index (κ1) is 20.2. The van der Waals surface area contributed by atoms with Gasteiger partial charge in [0, 0.05) is 44.3 Å². The van der Waals surface area contributed by atoms with Gasteiger partial charge in [-0.15, -0.1) is 0 Å². The third-order valence-electron chi connectivity index (χ3n) is 7.05. The van der Waals surface area contributed by atoms with Crippen LogP contribution < -0.4 is 21.5 Å². The number of hydrogen-bond donors (Lipinski definition) is 2. The Bertz CT molecular complexity index is 1310. The maximum atomic E-state index is 13.2. The minimum atomic E-state index is -0.617. The molecular formula is C22H25N7O4. The summed E-state index contributed by atoms with van der Waals surface area (Å²) in [4.78, 5) is 31.8. The van der Waals surface area contributed by atoms with Crippen LogP contribution in [0.5, 0.6) is 0 Å². The molecule has 1 aliphatic heterocycles. The predicted molar refractivity (Wildman–Crippen MR) is 120 cm³/mol. The van der Waals surface area contributed by atoms with Crippen LogP contribution in [0.4, 0.5) is 17.3 Å². The van der Waals surface area contributed by atoms with Gasteiger partial charge in [0.1, 0.15) is 22.9 Å². The van der Waals surface area contributed by atoms with Crippen LogP contribution in [0.25, 0.3) is 5.65 Å². The quantitative estimate of drug-likeness (QED) is 0.539. The maximum Gasteiger partial charge on any atom is 0.274 e. The second-order valence-electron chi connectivity index (χ2n) is 8.96. The summed E-state index contributed by atoms with van der Waals surface area (Å²) in [6.45, 7) is 1.40. The molecule has 0 spiro atoms. The van der Waals surface area contributed by atoms with Crippen molar-refractivity contribution in [2.75, 3.05) is 37.6 Å². The van der Waals surface area contributed by atoms with Crippen molar-refractivity contribution in [3.8, 4) is 0 Å². The van der Waals surface area contributed by atoms with Crippen LogP contribution in [0.15, 0.2) is 35.4 Å². The van der Waals surface area contributed by atoms with E-state index in [1.54, 1.807) is 22.3 Å². The molecule has 2 aliphatic carbocycles. The molecule has 6 rings (SSSR count). The lowest BCUT2D eigenvalue weighted by molar-refractivity contribution is 0.100. The Morgan fingerprint density at radius 2 is 2.15 bits per heavy atom. The Kier molecular flexibility index (Phi) is 4.46. The van der Waals surface area contributed by atoms with E-state index in [4.69, 9.17) is 15.2 Å². The van der Waals surface area contributed by atoms with E-state index in [0.717, 1.165) is 6.42 Å². The second kappa shape index (κ2) is 7.29. The summed E-state index contributed by atoms with van der Waals surface area (Å²) in [6, 6.07) is 5.76. The molecule has 3 aliphatic rings. The highest BCUT2D eigenvalue weighted by Gasteiger charge is 2.55. The number of pyridine rings is 1. The minimum absolute atomic E-state index is 0.112. The molecule has 0 radical (unpaired) electrons. The van der Waals surface area contributed by atoms with Crippen LogP contribution in [0.2, 0.25) is 0 Å². The molecule has 3 aromatic heterocycles. The lowest BCUT2D eigenvalue weighted by Crippen LogP contribution is -2.26. The van der Waals surface area contributed by atoms with Crippen molar-refractivity contribution in [3.63, 3.8) is 0 Å². The number of nitrogens with one attached hydrogen (secondary N) is 1. The zero-order valence-corrected chi connectivity index (χ0v) is 18.3. The van der Waals surface area contributed by atoms with Gasteiger partial charge in [0.15, 0.2) is 5.65 Å². The van der Waals surface area contributed by atoms with Gasteiger partial charge >= 0.3 is 0 Å². The van der Waals surface area contributed by atoms with E-state index in [2.05, 4.69) is 15.4 Å². The number of carbonyl (C=O) groups excluding carboxylic acids is 1. The van der Waals surface area contributed by atoms with Crippen molar-refractivity contribution in [2.45, 2.75) is 24.6 Å². The number of ether oxygens (including phenoxy) is 2. The summed E-state index contributed by atoms with van der Waals surface area (Å²) in [5, 5.41) is 7.49. The van der Waals surface area contributed by atoms with E-state index >= 15 is 0 Å². The molecule has 11 heteroatoms. The van der Waals surface area contributed by atoms with Crippen molar-refractivity contribution in [1.29, 1.82) is 0 Å². The molecular weight excluding hydrogens is 426 g/mol. The highest BCUT2D eigenvalue weighted by atomic mass is 16.5. The minimum Gasteiger partial charge on any atom is -0.381 e. The molecule has 0 bridgehead atoms. The van der Waals surface area contributed by atoms with Crippen molar-refractivity contribution < 1.29 is 14.3 Å². The van der Waals surface area contributed by atoms with E-state index < -0.39 is 5.91 Å². The van der Waals surface area contributed by atoms with Gasteiger partial charge in [0.05, 0.1) is 31.6 Å². The Labute approximate surface area is 189 Å². The molecule has 0 aromatic carbocycles. The Hall–Kier alpha value is -3.44. The molecule has 3 aromatic rings. The summed E-state index contributed by atoms with van der Waals surface area (Å²) < 4.78 is 14.3. The zero-order chi connectivity index (χ0) is 22.9. The van der Waals surface area contributed by atoms with Gasteiger partial charge in [-0.25, -0.2) is 4.98 Å². The van der Waals surface area contributed by atoms with Gasteiger partial charge in [0.25, 0.3) is 11.5 Å². The fourth-order valence-electron chi connectivity index (χ4n) is 5.03. The van der Waals surface area contributed by atoms with E-state index in [1.807, 2.05) is 30.3 Å². The van der Waals surface area contributed by atoms with Gasteiger partial charge in [-0.3, -0.25) is 9.59 Å². The number of primary amides is 1. The van der Waals surface area contributed by atoms with E-state index in [0.29, 0.717) is 48.0 Å². The predicted octanol–water partition coefficient (Wildman–Crippen LogP) is 0.774. The average Bonchev–Trinajstić information content (AvgIpc) is 3.61. The highest BCUT2D eigenvalue weighted by molar-refractivity contribution is 5.99. The first-order valence-electron chi connectivity index (χ1n) is 11.0. The van der Waals surface area contributed by atoms with Gasteiger partial charge < -0.3 is 30.0 Å². The monoisotopic (exact) mass is 451 g/mol. The van der Waals surface area contributed by atoms with Gasteiger partial charge in [-0.2, -0.15) is 9.61 Å². The summed E-state index contributed by atoms with van der Waals surface area (Å²) in [5.74, 6) is 1.34.